The molecule has 0 spiro atoms. The lowest BCUT2D eigenvalue weighted by Gasteiger charge is -2.17. The highest BCUT2D eigenvalue weighted by molar-refractivity contribution is 5.85. The van der Waals surface area contributed by atoms with E-state index in [9.17, 15) is 9.59 Å². The monoisotopic (exact) mass is 642 g/mol. The average Bonchev–Trinajstić information content (AvgIpc) is 3.03. The van der Waals surface area contributed by atoms with Crippen molar-refractivity contribution in [1.29, 1.82) is 0 Å². The van der Waals surface area contributed by atoms with Crippen molar-refractivity contribution in [3.8, 4) is 0 Å². The number of ether oxygens (including phenoxy) is 1. The van der Waals surface area contributed by atoms with Gasteiger partial charge in [0.25, 0.3) is 0 Å². The van der Waals surface area contributed by atoms with E-state index in [1.807, 2.05) is 14.1 Å². The van der Waals surface area contributed by atoms with Gasteiger partial charge in [-0.1, -0.05) is 127 Å². The molecule has 0 saturated heterocycles. The molecule has 0 amide bonds. The molecule has 0 aromatic heterocycles. The zero-order valence-electron chi connectivity index (χ0n) is 31.0. The lowest BCUT2D eigenvalue weighted by Crippen LogP contribution is -2.27. The number of nitrogens with zero attached hydrogens (tertiary/aromatic N) is 1. The minimum atomic E-state index is -0.560. The van der Waals surface area contributed by atoms with Crippen LogP contribution in [0, 0.1) is 0 Å². The second kappa shape index (κ2) is 35.9. The third-order valence-corrected chi connectivity index (χ3v) is 8.41. The molecule has 1 atom stereocenters. The van der Waals surface area contributed by atoms with Gasteiger partial charge >= 0.3 is 5.97 Å². The summed E-state index contributed by atoms with van der Waals surface area (Å²) in [5.74, 6) is -0.0981. The molecule has 0 radical (unpaired) electrons. The summed E-state index contributed by atoms with van der Waals surface area (Å²) in [5.41, 5.74) is 0. The van der Waals surface area contributed by atoms with Crippen LogP contribution in [0.4, 0.5) is 0 Å². The molecular weight excluding hydrogens is 566 g/mol. The number of hydrogen-bond acceptors (Lipinski definition) is 4. The van der Waals surface area contributed by atoms with Crippen molar-refractivity contribution in [2.45, 2.75) is 187 Å². The SMILES string of the molecule is CCCCC/C=C/C/C=C/CCCCCCCC(=O)C(CCCCCCC/C=C/C/C=C/CCCCC)OC(=O)CCCN(C)C. The summed E-state index contributed by atoms with van der Waals surface area (Å²) < 4.78 is 5.75. The van der Waals surface area contributed by atoms with Gasteiger partial charge in [-0.15, -0.1) is 0 Å². The highest BCUT2D eigenvalue weighted by atomic mass is 16.5. The van der Waals surface area contributed by atoms with E-state index in [2.05, 4.69) is 67.4 Å². The van der Waals surface area contributed by atoms with Crippen LogP contribution in [-0.4, -0.2) is 43.4 Å². The molecule has 0 bridgehead atoms. The number of esters is 1. The van der Waals surface area contributed by atoms with Crippen molar-refractivity contribution in [2.24, 2.45) is 0 Å². The first-order chi connectivity index (χ1) is 22.5. The van der Waals surface area contributed by atoms with E-state index < -0.39 is 6.10 Å². The van der Waals surface area contributed by atoms with Gasteiger partial charge in [0.05, 0.1) is 0 Å². The van der Waals surface area contributed by atoms with Gasteiger partial charge in [0, 0.05) is 12.8 Å². The Morgan fingerprint density at radius 2 is 0.957 bits per heavy atom. The number of Topliss-reactive ketones (excluding diaryl/α,β-unsaturated/α-hetero) is 1. The normalized spacial score (nSPS) is 12.9. The summed E-state index contributed by atoms with van der Waals surface area (Å²) in [5, 5.41) is 0. The second-order valence-electron chi connectivity index (χ2n) is 13.4. The zero-order chi connectivity index (χ0) is 33.8. The van der Waals surface area contributed by atoms with E-state index in [4.69, 9.17) is 4.74 Å². The summed E-state index contributed by atoms with van der Waals surface area (Å²) in [6.45, 7) is 5.34. The highest BCUT2D eigenvalue weighted by Crippen LogP contribution is 2.16. The van der Waals surface area contributed by atoms with Gasteiger partial charge in [-0.25, -0.2) is 0 Å². The fraction of sp³-hybridized carbons (Fsp3) is 0.762. The maximum Gasteiger partial charge on any atom is 0.306 e. The van der Waals surface area contributed by atoms with E-state index in [0.717, 1.165) is 64.3 Å². The Kier molecular flexibility index (Phi) is 34.4. The highest BCUT2D eigenvalue weighted by Gasteiger charge is 2.22. The second-order valence-corrected chi connectivity index (χ2v) is 13.4. The van der Waals surface area contributed by atoms with Gasteiger partial charge in [-0.2, -0.15) is 0 Å². The molecule has 0 aliphatic carbocycles. The zero-order valence-corrected chi connectivity index (χ0v) is 31.0. The van der Waals surface area contributed by atoms with Crippen molar-refractivity contribution in [1.82, 2.24) is 4.90 Å². The first-order valence-corrected chi connectivity index (χ1v) is 19.5. The molecule has 4 nitrogen and oxygen atoms in total. The first-order valence-electron chi connectivity index (χ1n) is 19.5. The molecule has 0 aromatic rings. The minimum Gasteiger partial charge on any atom is -0.454 e. The summed E-state index contributed by atoms with van der Waals surface area (Å²) in [6.07, 6.45) is 46.0. The van der Waals surface area contributed by atoms with Gasteiger partial charge in [-0.3, -0.25) is 9.59 Å². The third-order valence-electron chi connectivity index (χ3n) is 8.41. The molecule has 0 aliphatic heterocycles. The first kappa shape index (κ1) is 44.1. The predicted octanol–water partition coefficient (Wildman–Crippen LogP) is 12.4. The van der Waals surface area contributed by atoms with E-state index in [0.29, 0.717) is 19.3 Å². The van der Waals surface area contributed by atoms with Crippen LogP contribution in [0.5, 0.6) is 0 Å². The summed E-state index contributed by atoms with van der Waals surface area (Å²) in [4.78, 5) is 27.6. The molecule has 0 saturated carbocycles. The van der Waals surface area contributed by atoms with Gasteiger partial charge in [-0.05, 0) is 111 Å². The van der Waals surface area contributed by atoms with Gasteiger partial charge in [0.2, 0.25) is 0 Å². The molecule has 1 unspecified atom stereocenters. The standard InChI is InChI=1S/C42H75NO3/c1-5-7-9-11-13-15-17-19-21-23-25-27-29-31-33-36-40(44)41(46-42(45)38-35-39-43(3)4)37-34-32-30-28-26-24-22-20-18-16-14-12-10-8-6-2/h13-16,19-22,41H,5-12,17-18,23-39H2,1-4H3/b15-13+,16-14+,21-19+,22-20+. The quantitative estimate of drug-likeness (QED) is 0.0398. The van der Waals surface area contributed by atoms with Gasteiger partial charge in [0.1, 0.15) is 0 Å². The van der Waals surface area contributed by atoms with Crippen molar-refractivity contribution < 1.29 is 14.3 Å². The van der Waals surface area contributed by atoms with Gasteiger partial charge < -0.3 is 9.64 Å². The van der Waals surface area contributed by atoms with E-state index in [-0.39, 0.29) is 11.8 Å². The summed E-state index contributed by atoms with van der Waals surface area (Å²) in [6, 6.07) is 0. The maximum atomic E-state index is 13.1. The molecule has 46 heavy (non-hydrogen) atoms. The molecule has 0 aromatic carbocycles. The molecular formula is C42H75NO3. The van der Waals surface area contributed by atoms with Crippen molar-refractivity contribution in [3.05, 3.63) is 48.6 Å². The maximum absolute atomic E-state index is 13.1. The smallest absolute Gasteiger partial charge is 0.306 e. The number of rotatable bonds is 34. The number of carbonyl (C=O) groups excluding carboxylic acids is 2. The number of carbonyl (C=O) groups is 2. The van der Waals surface area contributed by atoms with Crippen LogP contribution in [0.3, 0.4) is 0 Å². The number of ketones is 1. The number of hydrogen-bond donors (Lipinski definition) is 0. The molecule has 0 heterocycles. The Hall–Kier alpha value is -1.94. The summed E-state index contributed by atoms with van der Waals surface area (Å²) in [7, 11) is 4.01. The number of unbranched alkanes of at least 4 members (excludes halogenated alkanes) is 16. The fourth-order valence-electron chi connectivity index (χ4n) is 5.46. The van der Waals surface area contributed by atoms with Crippen LogP contribution in [0.25, 0.3) is 0 Å². The van der Waals surface area contributed by atoms with E-state index in [1.165, 1.54) is 89.9 Å². The Labute approximate surface area is 286 Å². The lowest BCUT2D eigenvalue weighted by atomic mass is 10.0. The van der Waals surface area contributed by atoms with Crippen LogP contribution in [0.1, 0.15) is 181 Å². The predicted molar refractivity (Wildman–Crippen MR) is 201 cm³/mol. The van der Waals surface area contributed by atoms with Crippen molar-refractivity contribution in [3.63, 3.8) is 0 Å². The molecule has 0 aliphatic rings. The Morgan fingerprint density at radius 3 is 1.43 bits per heavy atom. The minimum absolute atomic E-state index is 0.121. The molecule has 0 rings (SSSR count). The third kappa shape index (κ3) is 33.4. The van der Waals surface area contributed by atoms with Crippen LogP contribution in [0.15, 0.2) is 48.6 Å². The van der Waals surface area contributed by atoms with Crippen LogP contribution < -0.4 is 0 Å². The van der Waals surface area contributed by atoms with Gasteiger partial charge in [0.15, 0.2) is 11.9 Å². The molecule has 4 heteroatoms. The Bertz CT molecular complexity index is 795. The van der Waals surface area contributed by atoms with Crippen LogP contribution in [-0.2, 0) is 14.3 Å². The lowest BCUT2D eigenvalue weighted by molar-refractivity contribution is -0.155. The van der Waals surface area contributed by atoms with E-state index in [1.54, 1.807) is 0 Å². The summed E-state index contributed by atoms with van der Waals surface area (Å²) >= 11 is 0. The molecule has 0 N–H and O–H groups in total. The average molecular weight is 642 g/mol. The van der Waals surface area contributed by atoms with E-state index >= 15 is 0 Å². The fourth-order valence-corrected chi connectivity index (χ4v) is 5.46. The van der Waals surface area contributed by atoms with Crippen molar-refractivity contribution >= 4 is 11.8 Å². The number of allylic oxidation sites excluding steroid dienone is 8. The molecule has 0 fully saturated rings. The topological polar surface area (TPSA) is 46.6 Å². The van der Waals surface area contributed by atoms with Crippen LogP contribution >= 0.6 is 0 Å². The molecule has 266 valence electrons. The Balaban J connectivity index is 4.19. The van der Waals surface area contributed by atoms with Crippen LogP contribution in [0.2, 0.25) is 0 Å². The largest absolute Gasteiger partial charge is 0.454 e. The Morgan fingerprint density at radius 1 is 0.522 bits per heavy atom. The van der Waals surface area contributed by atoms with Crippen molar-refractivity contribution in [2.75, 3.05) is 20.6 Å².